The van der Waals surface area contributed by atoms with Crippen LogP contribution in [-0.4, -0.2) is 8.42 Å². The molecule has 0 saturated carbocycles. The number of nitrogens with one attached hydrogen (secondary N) is 1. The number of nitrogen functional groups attached to an aromatic ring is 1. The van der Waals surface area contributed by atoms with E-state index in [2.05, 4.69) is 20.7 Å². The van der Waals surface area contributed by atoms with Gasteiger partial charge in [0.2, 0.25) is 10.0 Å². The number of anilines is 1. The van der Waals surface area contributed by atoms with Gasteiger partial charge in [0.1, 0.15) is 0 Å². The van der Waals surface area contributed by atoms with Gasteiger partial charge in [0.25, 0.3) is 0 Å². The summed E-state index contributed by atoms with van der Waals surface area (Å²) in [6, 6.07) is 11.5. The molecule has 0 unspecified atom stereocenters. The summed E-state index contributed by atoms with van der Waals surface area (Å²) in [5.74, 6) is 0. The lowest BCUT2D eigenvalue weighted by Crippen LogP contribution is -2.23. The summed E-state index contributed by atoms with van der Waals surface area (Å²) >= 11 is 9.19. The number of hydrogen-bond donors (Lipinski definition) is 2. The average Bonchev–Trinajstić information content (AvgIpc) is 2.41. The van der Waals surface area contributed by atoms with Gasteiger partial charge in [-0.2, -0.15) is 0 Å². The van der Waals surface area contributed by atoms with Crippen LogP contribution in [0.15, 0.2) is 51.8 Å². The molecule has 0 bridgehead atoms. The topological polar surface area (TPSA) is 72.2 Å². The summed E-state index contributed by atoms with van der Waals surface area (Å²) in [6.45, 7) is 0.129. The smallest absolute Gasteiger partial charge is 0.240 e. The predicted octanol–water partition coefficient (Wildman–Crippen LogP) is 3.16. The van der Waals surface area contributed by atoms with Crippen molar-refractivity contribution in [3.8, 4) is 0 Å². The van der Waals surface area contributed by atoms with E-state index < -0.39 is 10.0 Å². The van der Waals surface area contributed by atoms with Crippen molar-refractivity contribution in [2.75, 3.05) is 5.73 Å². The molecule has 0 fully saturated rings. The molecule has 0 heterocycles. The van der Waals surface area contributed by atoms with Crippen molar-refractivity contribution in [3.05, 3.63) is 57.5 Å². The van der Waals surface area contributed by atoms with Crippen LogP contribution in [0.5, 0.6) is 0 Å². The lowest BCUT2D eigenvalue weighted by Gasteiger charge is -2.09. The van der Waals surface area contributed by atoms with E-state index in [9.17, 15) is 8.42 Å². The zero-order chi connectivity index (χ0) is 14.8. The van der Waals surface area contributed by atoms with Crippen molar-refractivity contribution in [1.29, 1.82) is 0 Å². The van der Waals surface area contributed by atoms with E-state index in [1.165, 1.54) is 18.2 Å². The average molecular weight is 376 g/mol. The highest BCUT2D eigenvalue weighted by Crippen LogP contribution is 2.23. The molecule has 0 atom stereocenters. The molecule has 4 nitrogen and oxygen atoms in total. The number of sulfonamides is 1. The minimum atomic E-state index is -3.61. The second-order valence-corrected chi connectivity index (χ2v) is 7.13. The molecule has 20 heavy (non-hydrogen) atoms. The van der Waals surface area contributed by atoms with Gasteiger partial charge < -0.3 is 5.73 Å². The largest absolute Gasteiger partial charge is 0.398 e. The molecule has 0 aliphatic rings. The fourth-order valence-electron chi connectivity index (χ4n) is 1.57. The Morgan fingerprint density at radius 2 is 1.90 bits per heavy atom. The van der Waals surface area contributed by atoms with Crippen LogP contribution in [0.2, 0.25) is 5.02 Å². The first kappa shape index (κ1) is 15.3. The van der Waals surface area contributed by atoms with Crippen LogP contribution in [0.3, 0.4) is 0 Å². The molecule has 0 amide bonds. The Labute approximate surface area is 131 Å². The second-order valence-electron chi connectivity index (χ2n) is 4.10. The summed E-state index contributed by atoms with van der Waals surface area (Å²) in [7, 11) is -3.61. The van der Waals surface area contributed by atoms with Crippen LogP contribution in [0.1, 0.15) is 5.56 Å². The van der Waals surface area contributed by atoms with Gasteiger partial charge in [0, 0.05) is 21.7 Å². The molecule has 7 heteroatoms. The first-order valence-corrected chi connectivity index (χ1v) is 8.33. The van der Waals surface area contributed by atoms with E-state index in [1.54, 1.807) is 24.3 Å². The molecule has 0 aliphatic heterocycles. The molecular weight excluding hydrogens is 364 g/mol. The number of rotatable bonds is 4. The highest BCUT2D eigenvalue weighted by molar-refractivity contribution is 9.10. The Morgan fingerprint density at radius 1 is 1.20 bits per heavy atom. The number of halogens is 2. The Kier molecular flexibility index (Phi) is 4.70. The SMILES string of the molecule is Nc1ccc(S(=O)(=O)NCc2ccccc2Cl)cc1Br. The molecule has 0 aromatic heterocycles. The van der Waals surface area contributed by atoms with Gasteiger partial charge in [0.15, 0.2) is 0 Å². The molecular formula is C13H12BrClN2O2S. The van der Waals surface area contributed by atoms with Crippen molar-refractivity contribution >= 4 is 43.2 Å². The standard InChI is InChI=1S/C13H12BrClN2O2S/c14-11-7-10(5-6-13(11)16)20(18,19)17-8-9-3-1-2-4-12(9)15/h1-7,17H,8,16H2. The van der Waals surface area contributed by atoms with Crippen molar-refractivity contribution in [2.24, 2.45) is 0 Å². The zero-order valence-electron chi connectivity index (χ0n) is 10.3. The maximum absolute atomic E-state index is 12.2. The Hall–Kier alpha value is -1.08. The summed E-state index contributed by atoms with van der Waals surface area (Å²) in [5, 5.41) is 0.522. The summed E-state index contributed by atoms with van der Waals surface area (Å²) < 4.78 is 27.4. The maximum Gasteiger partial charge on any atom is 0.240 e. The Balaban J connectivity index is 2.19. The van der Waals surface area contributed by atoms with E-state index >= 15 is 0 Å². The monoisotopic (exact) mass is 374 g/mol. The highest BCUT2D eigenvalue weighted by atomic mass is 79.9. The van der Waals surface area contributed by atoms with E-state index in [0.29, 0.717) is 20.7 Å². The number of hydrogen-bond acceptors (Lipinski definition) is 3. The zero-order valence-corrected chi connectivity index (χ0v) is 13.5. The highest BCUT2D eigenvalue weighted by Gasteiger charge is 2.15. The van der Waals surface area contributed by atoms with Gasteiger partial charge in [-0.25, -0.2) is 13.1 Å². The molecule has 0 spiro atoms. The van der Waals surface area contributed by atoms with Crippen LogP contribution in [0.4, 0.5) is 5.69 Å². The molecule has 2 aromatic rings. The van der Waals surface area contributed by atoms with Crippen molar-refractivity contribution in [2.45, 2.75) is 11.4 Å². The lowest BCUT2D eigenvalue weighted by molar-refractivity contribution is 0.581. The minimum absolute atomic E-state index is 0.129. The number of benzene rings is 2. The minimum Gasteiger partial charge on any atom is -0.398 e. The third-order valence-corrected chi connectivity index (χ3v) is 5.15. The van der Waals surface area contributed by atoms with Gasteiger partial charge in [-0.3, -0.25) is 0 Å². The predicted molar refractivity (Wildman–Crippen MR) is 84.0 cm³/mol. The lowest BCUT2D eigenvalue weighted by atomic mass is 10.2. The second kappa shape index (κ2) is 6.13. The first-order chi connectivity index (χ1) is 9.40. The summed E-state index contributed by atoms with van der Waals surface area (Å²) in [6.07, 6.45) is 0. The number of nitrogens with two attached hydrogens (primary N) is 1. The molecule has 2 rings (SSSR count). The third kappa shape index (κ3) is 3.52. The molecule has 3 N–H and O–H groups in total. The fraction of sp³-hybridized carbons (Fsp3) is 0.0769. The van der Waals surface area contributed by atoms with Crippen LogP contribution in [0.25, 0.3) is 0 Å². The Morgan fingerprint density at radius 3 is 2.55 bits per heavy atom. The van der Waals surface area contributed by atoms with Crippen molar-refractivity contribution < 1.29 is 8.42 Å². The van der Waals surface area contributed by atoms with E-state index in [1.807, 2.05) is 0 Å². The van der Waals surface area contributed by atoms with Crippen molar-refractivity contribution in [1.82, 2.24) is 4.72 Å². The molecule has 2 aromatic carbocycles. The maximum atomic E-state index is 12.2. The van der Waals surface area contributed by atoms with Crippen molar-refractivity contribution in [3.63, 3.8) is 0 Å². The van der Waals surface area contributed by atoms with Crippen LogP contribution in [0, 0.1) is 0 Å². The molecule has 0 radical (unpaired) electrons. The molecule has 0 aliphatic carbocycles. The van der Waals surface area contributed by atoms with E-state index in [0.717, 1.165) is 0 Å². The van der Waals surface area contributed by atoms with Crippen LogP contribution < -0.4 is 10.5 Å². The fourth-order valence-corrected chi connectivity index (χ4v) is 3.34. The van der Waals surface area contributed by atoms with Gasteiger partial charge in [-0.15, -0.1) is 0 Å². The van der Waals surface area contributed by atoms with Gasteiger partial charge in [-0.05, 0) is 45.8 Å². The Bertz CT molecular complexity index is 735. The first-order valence-electron chi connectivity index (χ1n) is 5.68. The normalized spacial score (nSPS) is 11.5. The van der Waals surface area contributed by atoms with Gasteiger partial charge >= 0.3 is 0 Å². The van der Waals surface area contributed by atoms with Gasteiger partial charge in [-0.1, -0.05) is 29.8 Å². The van der Waals surface area contributed by atoms with E-state index in [-0.39, 0.29) is 11.4 Å². The third-order valence-electron chi connectivity index (χ3n) is 2.69. The molecule has 106 valence electrons. The van der Waals surface area contributed by atoms with Gasteiger partial charge in [0.05, 0.1) is 4.90 Å². The summed E-state index contributed by atoms with van der Waals surface area (Å²) in [5.41, 5.74) is 6.83. The van der Waals surface area contributed by atoms with Crippen LogP contribution in [-0.2, 0) is 16.6 Å². The summed E-state index contributed by atoms with van der Waals surface area (Å²) in [4.78, 5) is 0.144. The van der Waals surface area contributed by atoms with Crippen LogP contribution >= 0.6 is 27.5 Å². The van der Waals surface area contributed by atoms with E-state index in [4.69, 9.17) is 17.3 Å². The molecule has 0 saturated heterocycles. The quantitative estimate of drug-likeness (QED) is 0.806.